The first-order chi connectivity index (χ1) is 17.1. The van der Waals surface area contributed by atoms with Crippen molar-refractivity contribution in [2.24, 2.45) is 0 Å². The fourth-order valence-corrected chi connectivity index (χ4v) is 4.77. The summed E-state index contributed by atoms with van der Waals surface area (Å²) in [6.07, 6.45) is 5.02. The summed E-state index contributed by atoms with van der Waals surface area (Å²) in [6.45, 7) is 7.30. The van der Waals surface area contributed by atoms with Crippen LogP contribution in [0.2, 0.25) is 0 Å². The molecule has 2 heterocycles. The van der Waals surface area contributed by atoms with E-state index in [9.17, 15) is 9.59 Å². The number of piperazine rings is 1. The zero-order valence-electron chi connectivity index (χ0n) is 20.9. The predicted octanol–water partition coefficient (Wildman–Crippen LogP) is 4.93. The number of carbonyl (C=O) groups is 2. The zero-order valence-corrected chi connectivity index (χ0v) is 20.9. The van der Waals surface area contributed by atoms with Crippen molar-refractivity contribution < 1.29 is 9.59 Å². The summed E-state index contributed by atoms with van der Waals surface area (Å²) in [7, 11) is 0. The number of rotatable bonds is 9. The van der Waals surface area contributed by atoms with Gasteiger partial charge in [-0.15, -0.1) is 0 Å². The van der Waals surface area contributed by atoms with Gasteiger partial charge in [0.25, 0.3) is 5.91 Å². The first kappa shape index (κ1) is 24.9. The molecule has 3 aromatic rings. The number of nitrogens with zero attached hydrogens (tertiary/aromatic N) is 3. The lowest BCUT2D eigenvalue weighted by Crippen LogP contribution is -2.50. The highest BCUT2D eigenvalue weighted by atomic mass is 16.2. The van der Waals surface area contributed by atoms with E-state index in [0.29, 0.717) is 38.3 Å². The highest BCUT2D eigenvalue weighted by Gasteiger charge is 2.24. The Morgan fingerprint density at radius 2 is 1.60 bits per heavy atom. The van der Waals surface area contributed by atoms with Crippen molar-refractivity contribution in [1.29, 1.82) is 0 Å². The van der Waals surface area contributed by atoms with Crippen LogP contribution < -0.4 is 5.32 Å². The van der Waals surface area contributed by atoms with Crippen LogP contribution in [-0.4, -0.2) is 59.3 Å². The summed E-state index contributed by atoms with van der Waals surface area (Å²) >= 11 is 0. The third-order valence-electron chi connectivity index (χ3n) is 6.66. The molecule has 0 saturated carbocycles. The number of fused-ring (bicyclic) bond motifs is 1. The van der Waals surface area contributed by atoms with Gasteiger partial charge in [0.2, 0.25) is 5.91 Å². The summed E-state index contributed by atoms with van der Waals surface area (Å²) < 4.78 is 0. The van der Waals surface area contributed by atoms with E-state index in [-0.39, 0.29) is 11.8 Å². The minimum absolute atomic E-state index is 0.0111. The van der Waals surface area contributed by atoms with Gasteiger partial charge in [-0.1, -0.05) is 63.1 Å². The van der Waals surface area contributed by atoms with E-state index in [1.807, 2.05) is 53.4 Å². The summed E-state index contributed by atoms with van der Waals surface area (Å²) in [4.78, 5) is 34.9. The van der Waals surface area contributed by atoms with Crippen molar-refractivity contribution in [2.45, 2.75) is 46.0 Å². The van der Waals surface area contributed by atoms with Crippen LogP contribution in [0, 0.1) is 0 Å². The van der Waals surface area contributed by atoms with Gasteiger partial charge in [-0.25, -0.2) is 0 Å². The van der Waals surface area contributed by atoms with Gasteiger partial charge in [-0.3, -0.25) is 19.5 Å². The molecule has 0 spiro atoms. The molecule has 2 amide bonds. The van der Waals surface area contributed by atoms with Gasteiger partial charge in [0.1, 0.15) is 0 Å². The summed E-state index contributed by atoms with van der Waals surface area (Å²) in [5.41, 5.74) is 4.85. The Morgan fingerprint density at radius 3 is 2.31 bits per heavy atom. The average Bonchev–Trinajstić information content (AvgIpc) is 2.89. The van der Waals surface area contributed by atoms with Crippen molar-refractivity contribution in [3.05, 3.63) is 71.4 Å². The molecule has 0 radical (unpaired) electrons. The number of benzene rings is 2. The maximum Gasteiger partial charge on any atom is 0.253 e. The Labute approximate surface area is 208 Å². The number of aromatic nitrogens is 1. The fourth-order valence-electron chi connectivity index (χ4n) is 4.77. The molecule has 1 fully saturated rings. The predicted molar refractivity (Wildman–Crippen MR) is 142 cm³/mol. The van der Waals surface area contributed by atoms with E-state index in [0.717, 1.165) is 54.4 Å². The molecule has 1 saturated heterocycles. The van der Waals surface area contributed by atoms with Crippen molar-refractivity contribution in [2.75, 3.05) is 38.0 Å². The van der Waals surface area contributed by atoms with Crippen molar-refractivity contribution in [3.8, 4) is 0 Å². The Hall–Kier alpha value is -3.25. The Morgan fingerprint density at radius 1 is 0.886 bits per heavy atom. The lowest BCUT2D eigenvalue weighted by molar-refractivity contribution is -0.117. The van der Waals surface area contributed by atoms with Gasteiger partial charge in [0.05, 0.1) is 17.7 Å². The molecular weight excluding hydrogens is 436 g/mol. The van der Waals surface area contributed by atoms with E-state index in [4.69, 9.17) is 4.98 Å². The quantitative estimate of drug-likeness (QED) is 0.480. The van der Waals surface area contributed by atoms with Crippen LogP contribution in [0.3, 0.4) is 0 Å². The Balaban J connectivity index is 1.45. The third-order valence-corrected chi connectivity index (χ3v) is 6.66. The molecule has 1 aromatic heterocycles. The van der Waals surface area contributed by atoms with Gasteiger partial charge in [-0.2, -0.15) is 0 Å². The van der Waals surface area contributed by atoms with Crippen LogP contribution in [0.4, 0.5) is 5.69 Å². The number of aryl methyl sites for hydroxylation is 1. The van der Waals surface area contributed by atoms with Crippen LogP contribution in [0.5, 0.6) is 0 Å². The molecule has 4 rings (SSSR count). The molecule has 0 bridgehead atoms. The average molecular weight is 473 g/mol. The second-order valence-corrected chi connectivity index (χ2v) is 9.27. The largest absolute Gasteiger partial charge is 0.336 e. The third kappa shape index (κ3) is 6.06. The highest BCUT2D eigenvalue weighted by Crippen LogP contribution is 2.30. The molecule has 0 aliphatic carbocycles. The molecular formula is C29H36N4O2. The zero-order chi connectivity index (χ0) is 24.6. The first-order valence-electron chi connectivity index (χ1n) is 12.9. The number of anilines is 1. The maximum atomic E-state index is 13.2. The second kappa shape index (κ2) is 11.9. The number of para-hydroxylation sites is 1. The number of nitrogens with one attached hydrogen (secondary N) is 1. The molecule has 0 atom stereocenters. The van der Waals surface area contributed by atoms with E-state index in [1.54, 1.807) is 0 Å². The van der Waals surface area contributed by atoms with Crippen LogP contribution in [0.1, 0.15) is 54.7 Å². The van der Waals surface area contributed by atoms with Gasteiger partial charge in [0, 0.05) is 42.8 Å². The topological polar surface area (TPSA) is 65.5 Å². The molecule has 0 unspecified atom stereocenters. The van der Waals surface area contributed by atoms with E-state index in [2.05, 4.69) is 30.1 Å². The fraction of sp³-hybridized carbons (Fsp3) is 0.414. The van der Waals surface area contributed by atoms with Crippen LogP contribution in [0.15, 0.2) is 54.6 Å². The highest BCUT2D eigenvalue weighted by molar-refractivity contribution is 6.03. The number of carbonyl (C=O) groups excluding carboxylic acids is 2. The van der Waals surface area contributed by atoms with Crippen LogP contribution in [0.25, 0.3) is 10.9 Å². The SMILES string of the molecule is CCCCc1nc2ccccc2c(NC(=O)CN2CCN(C(=O)c3ccccc3)CC2)c1CCC. The standard InChI is InChI=1S/C29H36N4O2/c1-3-5-15-25-23(11-4-2)28(24-14-9-10-16-26(24)30-25)31-27(34)21-32-17-19-33(20-18-32)29(35)22-12-7-6-8-13-22/h6-10,12-14,16H,3-5,11,15,17-21H2,1-2H3,(H,30,31,34). The molecule has 6 heteroatoms. The molecule has 35 heavy (non-hydrogen) atoms. The minimum atomic E-state index is -0.0111. The lowest BCUT2D eigenvalue weighted by Gasteiger charge is -2.34. The molecule has 184 valence electrons. The number of hydrogen-bond donors (Lipinski definition) is 1. The molecule has 1 aliphatic heterocycles. The minimum Gasteiger partial charge on any atom is -0.336 e. The maximum absolute atomic E-state index is 13.2. The monoisotopic (exact) mass is 472 g/mol. The van der Waals surface area contributed by atoms with E-state index >= 15 is 0 Å². The first-order valence-corrected chi connectivity index (χ1v) is 12.9. The second-order valence-electron chi connectivity index (χ2n) is 9.27. The Kier molecular flexibility index (Phi) is 8.48. The Bertz CT molecular complexity index is 1150. The lowest BCUT2D eigenvalue weighted by atomic mass is 9.98. The van der Waals surface area contributed by atoms with Gasteiger partial charge in [0.15, 0.2) is 0 Å². The summed E-state index contributed by atoms with van der Waals surface area (Å²) in [5, 5.41) is 4.26. The summed E-state index contributed by atoms with van der Waals surface area (Å²) in [5.74, 6) is 0.0461. The van der Waals surface area contributed by atoms with Gasteiger partial charge >= 0.3 is 0 Å². The number of unbranched alkanes of at least 4 members (excludes halogenated alkanes) is 1. The van der Waals surface area contributed by atoms with Crippen molar-refractivity contribution in [1.82, 2.24) is 14.8 Å². The van der Waals surface area contributed by atoms with E-state index in [1.165, 1.54) is 5.56 Å². The van der Waals surface area contributed by atoms with Crippen molar-refractivity contribution >= 4 is 28.4 Å². The molecule has 6 nitrogen and oxygen atoms in total. The number of amides is 2. The number of pyridine rings is 1. The molecule has 1 N–H and O–H groups in total. The van der Waals surface area contributed by atoms with Crippen LogP contribution >= 0.6 is 0 Å². The smallest absolute Gasteiger partial charge is 0.253 e. The summed E-state index contributed by atoms with van der Waals surface area (Å²) in [6, 6.07) is 17.5. The van der Waals surface area contributed by atoms with Gasteiger partial charge < -0.3 is 10.2 Å². The van der Waals surface area contributed by atoms with Crippen molar-refractivity contribution in [3.63, 3.8) is 0 Å². The normalized spacial score (nSPS) is 14.3. The molecule has 2 aromatic carbocycles. The van der Waals surface area contributed by atoms with E-state index < -0.39 is 0 Å². The van der Waals surface area contributed by atoms with Crippen LogP contribution in [-0.2, 0) is 17.6 Å². The molecule has 1 aliphatic rings. The number of hydrogen-bond acceptors (Lipinski definition) is 4. The van der Waals surface area contributed by atoms with Gasteiger partial charge in [-0.05, 0) is 43.0 Å².